The third-order valence-electron chi connectivity index (χ3n) is 3.92. The van der Waals surface area contributed by atoms with Crippen LogP contribution in [0.25, 0.3) is 0 Å². The lowest BCUT2D eigenvalue weighted by atomic mass is 10.0. The number of nitrogens with zero attached hydrogens (tertiary/aromatic N) is 3. The molecular weight excluding hydrogens is 230 g/mol. The molecule has 2 aliphatic rings. The van der Waals surface area contributed by atoms with Gasteiger partial charge in [-0.3, -0.25) is 9.59 Å². The number of rotatable bonds is 0. The van der Waals surface area contributed by atoms with Crippen molar-refractivity contribution in [1.82, 2.24) is 14.7 Å². The molecule has 18 heavy (non-hydrogen) atoms. The van der Waals surface area contributed by atoms with E-state index in [1.54, 1.807) is 9.80 Å². The molecule has 0 aliphatic carbocycles. The van der Waals surface area contributed by atoms with Crippen LogP contribution in [0.4, 0.5) is 0 Å². The summed E-state index contributed by atoms with van der Waals surface area (Å²) in [6.07, 6.45) is 2.18. The Balaban J connectivity index is 1.90. The minimum Gasteiger partial charge on any atom is -0.334 e. The van der Waals surface area contributed by atoms with Crippen LogP contribution >= 0.6 is 0 Å². The van der Waals surface area contributed by atoms with Crippen molar-refractivity contribution < 1.29 is 9.59 Å². The molecule has 2 rings (SSSR count). The number of hydrogen-bond acceptors (Lipinski definition) is 3. The first kappa shape index (κ1) is 13.3. The highest BCUT2D eigenvalue weighted by Gasteiger charge is 2.30. The molecule has 5 heteroatoms. The van der Waals surface area contributed by atoms with Crippen molar-refractivity contribution in [2.45, 2.75) is 19.8 Å². The first-order valence-corrected chi connectivity index (χ1v) is 6.84. The molecule has 2 heterocycles. The number of piperazine rings is 1. The topological polar surface area (TPSA) is 43.9 Å². The first-order chi connectivity index (χ1) is 8.58. The number of likely N-dealkylation sites (N-methyl/N-ethyl adjacent to an activating group) is 1. The zero-order valence-corrected chi connectivity index (χ0v) is 11.4. The van der Waals surface area contributed by atoms with Gasteiger partial charge in [-0.2, -0.15) is 0 Å². The van der Waals surface area contributed by atoms with Crippen LogP contribution in [0.2, 0.25) is 0 Å². The van der Waals surface area contributed by atoms with E-state index in [0.29, 0.717) is 19.0 Å². The van der Waals surface area contributed by atoms with Crippen molar-refractivity contribution in [2.24, 2.45) is 5.92 Å². The Hall–Kier alpha value is -1.10. The molecule has 1 unspecified atom stereocenters. The van der Waals surface area contributed by atoms with E-state index in [9.17, 15) is 9.59 Å². The highest BCUT2D eigenvalue weighted by molar-refractivity contribution is 6.34. The highest BCUT2D eigenvalue weighted by Crippen LogP contribution is 2.16. The van der Waals surface area contributed by atoms with E-state index >= 15 is 0 Å². The van der Waals surface area contributed by atoms with Crippen LogP contribution in [0.5, 0.6) is 0 Å². The summed E-state index contributed by atoms with van der Waals surface area (Å²) in [6, 6.07) is 0. The second-order valence-electron chi connectivity index (χ2n) is 5.59. The SMILES string of the molecule is CC1CCCN(C(=O)C(=O)N2CCN(C)CC2)C1. The van der Waals surface area contributed by atoms with E-state index in [-0.39, 0.29) is 11.8 Å². The maximum atomic E-state index is 12.1. The van der Waals surface area contributed by atoms with E-state index < -0.39 is 0 Å². The van der Waals surface area contributed by atoms with Crippen LogP contribution in [-0.2, 0) is 9.59 Å². The lowest BCUT2D eigenvalue weighted by Crippen LogP contribution is -2.53. The van der Waals surface area contributed by atoms with Gasteiger partial charge < -0.3 is 14.7 Å². The van der Waals surface area contributed by atoms with Gasteiger partial charge in [0.05, 0.1) is 0 Å². The Labute approximate surface area is 109 Å². The summed E-state index contributed by atoms with van der Waals surface area (Å²) < 4.78 is 0. The van der Waals surface area contributed by atoms with Gasteiger partial charge in [-0.25, -0.2) is 0 Å². The van der Waals surface area contributed by atoms with E-state index in [4.69, 9.17) is 0 Å². The minimum atomic E-state index is -0.308. The molecule has 2 fully saturated rings. The Morgan fingerprint density at radius 1 is 0.944 bits per heavy atom. The summed E-state index contributed by atoms with van der Waals surface area (Å²) in [7, 11) is 2.04. The maximum Gasteiger partial charge on any atom is 0.312 e. The van der Waals surface area contributed by atoms with E-state index in [1.165, 1.54) is 0 Å². The van der Waals surface area contributed by atoms with Gasteiger partial charge in [0.25, 0.3) is 0 Å². The highest BCUT2D eigenvalue weighted by atomic mass is 16.2. The van der Waals surface area contributed by atoms with Gasteiger partial charge in [0.2, 0.25) is 0 Å². The van der Waals surface area contributed by atoms with Gasteiger partial charge >= 0.3 is 11.8 Å². The number of carbonyl (C=O) groups excluding carboxylic acids is 2. The van der Waals surface area contributed by atoms with Crippen molar-refractivity contribution in [2.75, 3.05) is 46.3 Å². The Bertz CT molecular complexity index is 324. The fourth-order valence-electron chi connectivity index (χ4n) is 2.65. The summed E-state index contributed by atoms with van der Waals surface area (Å²) in [6.45, 7) is 6.67. The molecule has 0 N–H and O–H groups in total. The van der Waals surface area contributed by atoms with Gasteiger partial charge in [-0.1, -0.05) is 6.92 Å². The molecule has 1 atom stereocenters. The zero-order chi connectivity index (χ0) is 13.1. The molecule has 0 aromatic heterocycles. The van der Waals surface area contributed by atoms with Crippen LogP contribution < -0.4 is 0 Å². The van der Waals surface area contributed by atoms with Crippen LogP contribution in [-0.4, -0.2) is 72.8 Å². The predicted octanol–water partition coefficient (Wildman–Crippen LogP) is 0.0189. The fourth-order valence-corrected chi connectivity index (χ4v) is 2.65. The summed E-state index contributed by atoms with van der Waals surface area (Å²) >= 11 is 0. The van der Waals surface area contributed by atoms with Crippen molar-refractivity contribution in [3.05, 3.63) is 0 Å². The van der Waals surface area contributed by atoms with Gasteiger partial charge in [-0.05, 0) is 25.8 Å². The normalized spacial score (nSPS) is 26.2. The first-order valence-electron chi connectivity index (χ1n) is 6.84. The second-order valence-corrected chi connectivity index (χ2v) is 5.59. The van der Waals surface area contributed by atoms with E-state index in [0.717, 1.165) is 39.0 Å². The summed E-state index contributed by atoms with van der Waals surface area (Å²) in [4.78, 5) is 29.9. The summed E-state index contributed by atoms with van der Waals surface area (Å²) in [5, 5.41) is 0. The molecule has 0 spiro atoms. The minimum absolute atomic E-state index is 0.300. The van der Waals surface area contributed by atoms with Gasteiger partial charge in [0.15, 0.2) is 0 Å². The molecule has 0 radical (unpaired) electrons. The Morgan fingerprint density at radius 2 is 1.56 bits per heavy atom. The molecule has 0 aromatic carbocycles. The average molecular weight is 253 g/mol. The van der Waals surface area contributed by atoms with Crippen molar-refractivity contribution in [3.8, 4) is 0 Å². The molecule has 0 saturated carbocycles. The van der Waals surface area contributed by atoms with Crippen molar-refractivity contribution in [3.63, 3.8) is 0 Å². The van der Waals surface area contributed by atoms with E-state index in [1.807, 2.05) is 7.05 Å². The van der Waals surface area contributed by atoms with Crippen LogP contribution in [0.1, 0.15) is 19.8 Å². The lowest BCUT2D eigenvalue weighted by molar-refractivity contribution is -0.153. The van der Waals surface area contributed by atoms with Gasteiger partial charge in [-0.15, -0.1) is 0 Å². The van der Waals surface area contributed by atoms with Crippen LogP contribution in [0.15, 0.2) is 0 Å². The smallest absolute Gasteiger partial charge is 0.312 e. The lowest BCUT2D eigenvalue weighted by Gasteiger charge is -2.35. The Kier molecular flexibility index (Phi) is 4.22. The van der Waals surface area contributed by atoms with E-state index in [2.05, 4.69) is 11.8 Å². The van der Waals surface area contributed by atoms with Crippen LogP contribution in [0.3, 0.4) is 0 Å². The summed E-state index contributed by atoms with van der Waals surface area (Å²) in [5.74, 6) is -0.0914. The summed E-state index contributed by atoms with van der Waals surface area (Å²) in [5.41, 5.74) is 0. The molecule has 0 aromatic rings. The molecular formula is C13H23N3O2. The Morgan fingerprint density at radius 3 is 2.17 bits per heavy atom. The number of carbonyl (C=O) groups is 2. The molecule has 102 valence electrons. The van der Waals surface area contributed by atoms with Gasteiger partial charge in [0.1, 0.15) is 0 Å². The number of piperidine rings is 1. The fraction of sp³-hybridized carbons (Fsp3) is 0.846. The second kappa shape index (κ2) is 5.69. The zero-order valence-electron chi connectivity index (χ0n) is 11.4. The maximum absolute atomic E-state index is 12.1. The van der Waals surface area contributed by atoms with Gasteiger partial charge in [0, 0.05) is 39.3 Å². The molecule has 0 bridgehead atoms. The molecule has 2 saturated heterocycles. The average Bonchev–Trinajstić information content (AvgIpc) is 2.38. The quantitative estimate of drug-likeness (QED) is 0.572. The molecule has 5 nitrogen and oxygen atoms in total. The monoisotopic (exact) mass is 253 g/mol. The third kappa shape index (κ3) is 3.02. The number of likely N-dealkylation sites (tertiary alicyclic amines) is 1. The number of amides is 2. The molecule has 2 aliphatic heterocycles. The van der Waals surface area contributed by atoms with Crippen LogP contribution in [0, 0.1) is 5.92 Å². The standard InChI is InChI=1S/C13H23N3O2/c1-11-4-3-5-16(10-11)13(18)12(17)15-8-6-14(2)7-9-15/h11H,3-10H2,1-2H3. The molecule has 2 amide bonds. The number of hydrogen-bond donors (Lipinski definition) is 0. The van der Waals surface area contributed by atoms with Crippen molar-refractivity contribution in [1.29, 1.82) is 0 Å². The van der Waals surface area contributed by atoms with Crippen molar-refractivity contribution >= 4 is 11.8 Å². The third-order valence-corrected chi connectivity index (χ3v) is 3.92. The largest absolute Gasteiger partial charge is 0.334 e. The predicted molar refractivity (Wildman–Crippen MR) is 69.1 cm³/mol.